The van der Waals surface area contributed by atoms with Crippen LogP contribution >= 0.6 is 15.9 Å². The van der Waals surface area contributed by atoms with E-state index in [9.17, 15) is 5.11 Å². The van der Waals surface area contributed by atoms with Crippen molar-refractivity contribution in [3.8, 4) is 0 Å². The van der Waals surface area contributed by atoms with Crippen molar-refractivity contribution in [1.82, 2.24) is 0 Å². The van der Waals surface area contributed by atoms with Crippen molar-refractivity contribution < 1.29 is 5.11 Å². The zero-order valence-corrected chi connectivity index (χ0v) is 10.8. The molecule has 0 spiro atoms. The van der Waals surface area contributed by atoms with E-state index in [1.54, 1.807) is 0 Å². The maximum Gasteiger partial charge on any atom is 0.0713 e. The molecule has 0 amide bonds. The quantitative estimate of drug-likeness (QED) is 0.889. The molecule has 0 saturated heterocycles. The fourth-order valence-electron chi connectivity index (χ4n) is 1.98. The van der Waals surface area contributed by atoms with E-state index in [1.165, 1.54) is 5.56 Å². The van der Waals surface area contributed by atoms with Crippen LogP contribution in [0.1, 0.15) is 32.3 Å². The number of rotatable bonds is 3. The molecule has 1 aliphatic rings. The van der Waals surface area contributed by atoms with Gasteiger partial charge in [0.05, 0.1) is 5.60 Å². The van der Waals surface area contributed by atoms with E-state index in [-0.39, 0.29) is 5.41 Å². The van der Waals surface area contributed by atoms with E-state index in [1.807, 2.05) is 19.1 Å². The summed E-state index contributed by atoms with van der Waals surface area (Å²) in [6, 6.07) is 8.19. The highest BCUT2D eigenvalue weighted by molar-refractivity contribution is 9.10. The summed E-state index contributed by atoms with van der Waals surface area (Å²) in [7, 11) is 0. The highest BCUT2D eigenvalue weighted by Crippen LogP contribution is 2.54. The predicted octanol–water partition coefficient (Wildman–Crippen LogP) is 3.54. The Bertz CT molecular complexity index is 367. The molecule has 0 radical (unpaired) electrons. The van der Waals surface area contributed by atoms with Crippen LogP contribution in [0.25, 0.3) is 0 Å². The Morgan fingerprint density at radius 1 is 1.47 bits per heavy atom. The lowest BCUT2D eigenvalue weighted by Gasteiger charge is -2.30. The zero-order chi connectivity index (χ0) is 11.1. The highest BCUT2D eigenvalue weighted by Gasteiger charge is 2.51. The molecule has 0 aromatic heterocycles. The van der Waals surface area contributed by atoms with Gasteiger partial charge in [0.2, 0.25) is 0 Å². The molecule has 2 rings (SSSR count). The van der Waals surface area contributed by atoms with Crippen molar-refractivity contribution in [2.45, 2.75) is 38.7 Å². The van der Waals surface area contributed by atoms with Crippen LogP contribution in [0.2, 0.25) is 0 Å². The summed E-state index contributed by atoms with van der Waals surface area (Å²) in [6.45, 7) is 4.13. The van der Waals surface area contributed by atoms with Crippen LogP contribution in [-0.2, 0) is 6.42 Å². The van der Waals surface area contributed by atoms with Crippen molar-refractivity contribution in [1.29, 1.82) is 0 Å². The Balaban J connectivity index is 2.14. The van der Waals surface area contributed by atoms with Gasteiger partial charge in [-0.3, -0.25) is 0 Å². The molecule has 0 aliphatic heterocycles. The third-order valence-corrected chi connectivity index (χ3v) is 4.23. The van der Waals surface area contributed by atoms with E-state index in [0.29, 0.717) is 0 Å². The van der Waals surface area contributed by atoms with Gasteiger partial charge in [-0.1, -0.05) is 35.0 Å². The van der Waals surface area contributed by atoms with E-state index < -0.39 is 5.60 Å². The van der Waals surface area contributed by atoms with Crippen molar-refractivity contribution in [2.24, 2.45) is 5.41 Å². The fraction of sp³-hybridized carbons (Fsp3) is 0.538. The largest absolute Gasteiger partial charge is 0.389 e. The number of aliphatic hydroxyl groups is 1. The summed E-state index contributed by atoms with van der Waals surface area (Å²) >= 11 is 3.45. The fourth-order valence-corrected chi connectivity index (χ4v) is 2.43. The number of halogens is 1. The normalized spacial score (nSPS) is 22.1. The monoisotopic (exact) mass is 268 g/mol. The number of hydrogen-bond acceptors (Lipinski definition) is 1. The average molecular weight is 269 g/mol. The third kappa shape index (κ3) is 2.26. The van der Waals surface area contributed by atoms with Gasteiger partial charge in [-0.05, 0) is 42.9 Å². The first-order valence-electron chi connectivity index (χ1n) is 5.40. The Morgan fingerprint density at radius 3 is 2.67 bits per heavy atom. The summed E-state index contributed by atoms with van der Waals surface area (Å²) < 4.78 is 1.08. The van der Waals surface area contributed by atoms with Crippen LogP contribution in [0, 0.1) is 5.41 Å². The van der Waals surface area contributed by atoms with Gasteiger partial charge in [0.15, 0.2) is 0 Å². The van der Waals surface area contributed by atoms with Gasteiger partial charge in [0.1, 0.15) is 0 Å². The minimum absolute atomic E-state index is 0.134. The van der Waals surface area contributed by atoms with Gasteiger partial charge >= 0.3 is 0 Å². The molecule has 1 fully saturated rings. The lowest BCUT2D eigenvalue weighted by atomic mass is 9.82. The summed E-state index contributed by atoms with van der Waals surface area (Å²) in [5.41, 5.74) is 0.755. The average Bonchev–Trinajstić information content (AvgIpc) is 2.84. The van der Waals surface area contributed by atoms with Crippen molar-refractivity contribution >= 4 is 15.9 Å². The smallest absolute Gasteiger partial charge is 0.0713 e. The summed E-state index contributed by atoms with van der Waals surface area (Å²) in [4.78, 5) is 0. The van der Waals surface area contributed by atoms with Gasteiger partial charge in [0.25, 0.3) is 0 Å². The molecule has 1 unspecified atom stereocenters. The molecule has 1 aromatic rings. The minimum atomic E-state index is -0.576. The molecule has 1 nitrogen and oxygen atoms in total. The summed E-state index contributed by atoms with van der Waals surface area (Å²) in [6.07, 6.45) is 3.03. The summed E-state index contributed by atoms with van der Waals surface area (Å²) in [5, 5.41) is 10.4. The SMILES string of the molecule is CC(O)(Cc1cccc(Br)c1)C1(C)CC1. The Labute approximate surface area is 99.6 Å². The predicted molar refractivity (Wildman–Crippen MR) is 65.8 cm³/mol. The second-order valence-electron chi connectivity index (χ2n) is 5.14. The van der Waals surface area contributed by atoms with Crippen molar-refractivity contribution in [3.63, 3.8) is 0 Å². The lowest BCUT2D eigenvalue weighted by molar-refractivity contribution is -0.00702. The topological polar surface area (TPSA) is 20.2 Å². The van der Waals surface area contributed by atoms with E-state index >= 15 is 0 Å². The van der Waals surface area contributed by atoms with Crippen LogP contribution in [-0.4, -0.2) is 10.7 Å². The maximum atomic E-state index is 10.4. The van der Waals surface area contributed by atoms with Crippen LogP contribution < -0.4 is 0 Å². The first-order valence-corrected chi connectivity index (χ1v) is 6.19. The van der Waals surface area contributed by atoms with E-state index in [4.69, 9.17) is 0 Å². The molecule has 0 bridgehead atoms. The van der Waals surface area contributed by atoms with Crippen LogP contribution in [0.3, 0.4) is 0 Å². The molecule has 0 heterocycles. The Morgan fingerprint density at radius 2 is 2.13 bits per heavy atom. The first kappa shape index (κ1) is 11.2. The van der Waals surface area contributed by atoms with Crippen LogP contribution in [0.4, 0.5) is 0 Å². The molecular formula is C13H17BrO. The van der Waals surface area contributed by atoms with Gasteiger partial charge in [0, 0.05) is 10.9 Å². The summed E-state index contributed by atoms with van der Waals surface area (Å²) in [5.74, 6) is 0. The molecule has 82 valence electrons. The molecule has 1 saturated carbocycles. The van der Waals surface area contributed by atoms with Gasteiger partial charge in [-0.15, -0.1) is 0 Å². The molecule has 2 heteroatoms. The first-order chi connectivity index (χ1) is 6.93. The van der Waals surface area contributed by atoms with Crippen molar-refractivity contribution in [2.75, 3.05) is 0 Å². The van der Waals surface area contributed by atoms with Crippen LogP contribution in [0.5, 0.6) is 0 Å². The van der Waals surface area contributed by atoms with Gasteiger partial charge in [-0.25, -0.2) is 0 Å². The number of hydrogen-bond donors (Lipinski definition) is 1. The lowest BCUT2D eigenvalue weighted by Crippen LogP contribution is -2.36. The van der Waals surface area contributed by atoms with Crippen molar-refractivity contribution in [3.05, 3.63) is 34.3 Å². The Hall–Kier alpha value is -0.340. The van der Waals surface area contributed by atoms with Crippen LogP contribution in [0.15, 0.2) is 28.7 Å². The third-order valence-electron chi connectivity index (χ3n) is 3.74. The zero-order valence-electron chi connectivity index (χ0n) is 9.26. The number of benzene rings is 1. The second-order valence-corrected chi connectivity index (χ2v) is 6.06. The van der Waals surface area contributed by atoms with Gasteiger partial charge < -0.3 is 5.11 Å². The minimum Gasteiger partial charge on any atom is -0.389 e. The Kier molecular flexibility index (Phi) is 2.68. The molecule has 1 atom stereocenters. The second kappa shape index (κ2) is 3.60. The van der Waals surface area contributed by atoms with E-state index in [2.05, 4.69) is 35.0 Å². The maximum absolute atomic E-state index is 10.4. The standard InChI is InChI=1S/C13H17BrO/c1-12(6-7-12)13(2,15)9-10-4-3-5-11(14)8-10/h3-5,8,15H,6-7,9H2,1-2H3. The molecule has 1 N–H and O–H groups in total. The highest BCUT2D eigenvalue weighted by atomic mass is 79.9. The molecule has 1 aromatic carbocycles. The molecular weight excluding hydrogens is 252 g/mol. The molecule has 15 heavy (non-hydrogen) atoms. The van der Waals surface area contributed by atoms with E-state index in [0.717, 1.165) is 23.7 Å². The van der Waals surface area contributed by atoms with Gasteiger partial charge in [-0.2, -0.15) is 0 Å². The molecule has 1 aliphatic carbocycles.